The van der Waals surface area contributed by atoms with Crippen molar-refractivity contribution in [1.82, 2.24) is 14.9 Å². The molecule has 458 valence electrons. The monoisotopic (exact) mass is 1180 g/mol. The third-order valence-corrected chi connectivity index (χ3v) is 12.6. The number of hydrogen-bond donors (Lipinski definition) is 2. The molecule has 2 aromatic heterocycles. The summed E-state index contributed by atoms with van der Waals surface area (Å²) in [6, 6.07) is 13.1. The summed E-state index contributed by atoms with van der Waals surface area (Å²) in [6.45, 7) is 14.6. The number of carbonyl (C=O) groups is 5. The molecule has 0 fully saturated rings. The van der Waals surface area contributed by atoms with Crippen molar-refractivity contribution in [1.29, 1.82) is 0 Å². The minimum absolute atomic E-state index is 0.0812. The predicted octanol–water partition coefficient (Wildman–Crippen LogP) is 5.83. The number of aromatic nitrogens is 2. The molecule has 1 atom stereocenters. The summed E-state index contributed by atoms with van der Waals surface area (Å²) in [4.78, 5) is 86.0. The maximum absolute atomic E-state index is 14.2. The molecule has 4 aromatic rings. The summed E-state index contributed by atoms with van der Waals surface area (Å²) in [5.74, 6) is -1.53. The molecule has 6 rings (SSSR count). The van der Waals surface area contributed by atoms with Crippen LogP contribution < -0.4 is 20.9 Å². The van der Waals surface area contributed by atoms with E-state index in [9.17, 15) is 28.8 Å². The van der Waals surface area contributed by atoms with Crippen LogP contribution in [0.15, 0.2) is 58.4 Å². The fourth-order valence-corrected chi connectivity index (χ4v) is 8.67. The lowest BCUT2D eigenvalue weighted by atomic mass is 9.85. The molecular weight excluding hydrogens is 1100 g/mol. The fraction of sp³-hybridized carbons (Fsp3) is 0.561. The Morgan fingerprint density at radius 2 is 1.31 bits per heavy atom. The SMILES string of the molecule is CCc1c2c(nc3ccc(OC(=O)OC(C)(C)C)cc13)-c1cc3c(c(=O)n1C2)COC(=O)[C@@]3(CC)OC(=O)OCc1ccc(NC(=O)COCC(=O)NCCOCCOCCOCCOCCOCCOCCOCCOCCN=[N+]=[N-])cc1. The number of aryl methyl sites for hydroxylation is 1. The van der Waals surface area contributed by atoms with Gasteiger partial charge < -0.3 is 81.5 Å². The van der Waals surface area contributed by atoms with E-state index in [0.29, 0.717) is 140 Å². The maximum Gasteiger partial charge on any atom is 0.514 e. The van der Waals surface area contributed by atoms with E-state index in [1.807, 2.05) is 6.92 Å². The highest BCUT2D eigenvalue weighted by molar-refractivity contribution is 5.92. The Balaban J connectivity index is 0.807. The standard InChI is InChI=1S/C57H75N7O20/c1-6-42-43-32-41(82-55(70)83-56(3,4)5)12-13-47(43)62-51-44(42)34-64-48(51)33-46-45(52(64)67)36-80-53(68)57(46,7-2)84-54(69)81-35-39-8-10-40(11-9-39)61-50(66)38-79-37-49(65)59-14-16-71-18-20-73-22-24-75-26-28-77-30-31-78-29-27-76-25-23-74-21-19-72-17-15-60-63-58/h8-13,32-33H,6-7,14-31,34-38H2,1-5H3,(H,59,65)(H,61,66)/t57-/m0/s1. The van der Waals surface area contributed by atoms with Crippen LogP contribution in [0.4, 0.5) is 15.3 Å². The van der Waals surface area contributed by atoms with Crippen molar-refractivity contribution < 1.29 is 90.3 Å². The number of anilines is 1. The number of ether oxygens (including phenoxy) is 14. The number of esters is 1. The molecule has 0 bridgehead atoms. The molecule has 0 aliphatic carbocycles. The number of azide groups is 1. The zero-order chi connectivity index (χ0) is 60.2. The van der Waals surface area contributed by atoms with Crippen LogP contribution in [0.3, 0.4) is 0 Å². The number of hydrogen-bond acceptors (Lipinski definition) is 22. The first-order valence-corrected chi connectivity index (χ1v) is 27.7. The first-order chi connectivity index (χ1) is 40.7. The zero-order valence-electron chi connectivity index (χ0n) is 48.2. The van der Waals surface area contributed by atoms with Gasteiger partial charge in [0, 0.05) is 40.2 Å². The molecule has 2 aromatic carbocycles. The summed E-state index contributed by atoms with van der Waals surface area (Å²) in [5.41, 5.74) is 9.47. The van der Waals surface area contributed by atoms with Crippen molar-refractivity contribution in [3.8, 4) is 17.1 Å². The van der Waals surface area contributed by atoms with Gasteiger partial charge in [-0.3, -0.25) is 14.4 Å². The van der Waals surface area contributed by atoms with Crippen molar-refractivity contribution >= 4 is 46.7 Å². The lowest BCUT2D eigenvalue weighted by Gasteiger charge is -2.35. The topological polar surface area (TPSA) is 322 Å². The van der Waals surface area contributed by atoms with Crippen LogP contribution in [-0.2, 0) is 108 Å². The molecule has 2 N–H and O–H groups in total. The lowest BCUT2D eigenvalue weighted by molar-refractivity contribution is -0.175. The number of benzene rings is 2. The Morgan fingerprint density at radius 3 is 1.88 bits per heavy atom. The van der Waals surface area contributed by atoms with Gasteiger partial charge in [0.25, 0.3) is 5.56 Å². The second-order valence-electron chi connectivity index (χ2n) is 19.7. The second kappa shape index (κ2) is 34.5. The number of rotatable bonds is 38. The Kier molecular flexibility index (Phi) is 27.0. The van der Waals surface area contributed by atoms with E-state index >= 15 is 0 Å². The second-order valence-corrected chi connectivity index (χ2v) is 19.7. The predicted molar refractivity (Wildman–Crippen MR) is 299 cm³/mol. The summed E-state index contributed by atoms with van der Waals surface area (Å²) < 4.78 is 77.8. The van der Waals surface area contributed by atoms with Crippen LogP contribution in [0.2, 0.25) is 0 Å². The van der Waals surface area contributed by atoms with Crippen LogP contribution >= 0.6 is 0 Å². The molecule has 84 heavy (non-hydrogen) atoms. The fourth-order valence-electron chi connectivity index (χ4n) is 8.67. The third-order valence-electron chi connectivity index (χ3n) is 12.6. The van der Waals surface area contributed by atoms with Gasteiger partial charge >= 0.3 is 18.3 Å². The minimum atomic E-state index is -2.01. The summed E-state index contributed by atoms with van der Waals surface area (Å²) >= 11 is 0. The highest BCUT2D eigenvalue weighted by Crippen LogP contribution is 2.42. The van der Waals surface area contributed by atoms with Crippen LogP contribution in [0.25, 0.3) is 32.7 Å². The van der Waals surface area contributed by atoms with Gasteiger partial charge in [0.2, 0.25) is 17.4 Å². The molecular formula is C57H75N7O20. The number of nitrogens with one attached hydrogen (secondary N) is 2. The summed E-state index contributed by atoms with van der Waals surface area (Å²) in [6.07, 6.45) is -1.55. The van der Waals surface area contributed by atoms with Gasteiger partial charge in [0.05, 0.1) is 135 Å². The largest absolute Gasteiger partial charge is 0.514 e. The maximum atomic E-state index is 14.2. The first kappa shape index (κ1) is 65.8. The van der Waals surface area contributed by atoms with Gasteiger partial charge in [-0.2, -0.15) is 0 Å². The van der Waals surface area contributed by atoms with Crippen LogP contribution in [0.1, 0.15) is 68.9 Å². The minimum Gasteiger partial charge on any atom is -0.457 e. The molecule has 0 unspecified atom stereocenters. The summed E-state index contributed by atoms with van der Waals surface area (Å²) in [7, 11) is 0. The van der Waals surface area contributed by atoms with Crippen molar-refractivity contribution in [2.45, 2.75) is 78.4 Å². The average Bonchev–Trinajstić information content (AvgIpc) is 4.03. The van der Waals surface area contributed by atoms with Gasteiger partial charge in [-0.25, -0.2) is 19.4 Å². The van der Waals surface area contributed by atoms with Gasteiger partial charge in [-0.15, -0.1) is 0 Å². The third kappa shape index (κ3) is 20.5. The molecule has 0 radical (unpaired) electrons. The van der Waals surface area contributed by atoms with Crippen molar-refractivity contribution in [3.63, 3.8) is 0 Å². The first-order valence-electron chi connectivity index (χ1n) is 27.7. The van der Waals surface area contributed by atoms with Crippen LogP contribution in [0, 0.1) is 0 Å². The lowest BCUT2D eigenvalue weighted by Crippen LogP contribution is -2.47. The Labute approximate surface area is 485 Å². The van der Waals surface area contributed by atoms with E-state index in [1.165, 1.54) is 0 Å². The number of nitrogens with zero attached hydrogens (tertiary/aromatic N) is 5. The van der Waals surface area contributed by atoms with E-state index in [-0.39, 0.29) is 62.8 Å². The molecule has 27 heteroatoms. The number of cyclic esters (lactones) is 1. The van der Waals surface area contributed by atoms with Crippen molar-refractivity contribution in [2.24, 2.45) is 5.11 Å². The Bertz CT molecular complexity index is 2930. The van der Waals surface area contributed by atoms with E-state index in [4.69, 9.17) is 76.8 Å². The van der Waals surface area contributed by atoms with Crippen LogP contribution in [0.5, 0.6) is 5.75 Å². The quantitative estimate of drug-likeness (QED) is 0.00892. The van der Waals surface area contributed by atoms with E-state index in [2.05, 4.69) is 20.7 Å². The van der Waals surface area contributed by atoms with Gasteiger partial charge in [-0.05, 0) is 86.7 Å². The van der Waals surface area contributed by atoms with E-state index in [1.54, 1.807) is 80.8 Å². The molecule has 0 spiro atoms. The zero-order valence-corrected chi connectivity index (χ0v) is 48.2. The van der Waals surface area contributed by atoms with Gasteiger partial charge in [0.1, 0.15) is 37.8 Å². The molecule has 0 saturated carbocycles. The highest BCUT2D eigenvalue weighted by atomic mass is 16.7. The smallest absolute Gasteiger partial charge is 0.457 e. The molecule has 2 amide bonds. The van der Waals surface area contributed by atoms with E-state index in [0.717, 1.165) is 16.5 Å². The highest BCUT2D eigenvalue weighted by Gasteiger charge is 2.51. The Hall–Kier alpha value is -7.30. The molecule has 4 heterocycles. The number of carbonyl (C=O) groups excluding carboxylic acids is 5. The Morgan fingerprint density at radius 1 is 0.726 bits per heavy atom. The molecule has 27 nitrogen and oxygen atoms in total. The number of fused-ring (bicyclic) bond motifs is 5. The average molecular weight is 1180 g/mol. The number of pyridine rings is 2. The van der Waals surface area contributed by atoms with Crippen molar-refractivity contribution in [3.05, 3.63) is 97.1 Å². The number of amides is 2. The van der Waals surface area contributed by atoms with E-state index < -0.39 is 53.5 Å². The molecule has 0 saturated heterocycles. The summed E-state index contributed by atoms with van der Waals surface area (Å²) in [5, 5.41) is 9.42. The van der Waals surface area contributed by atoms with Gasteiger partial charge in [0.15, 0.2) is 0 Å². The van der Waals surface area contributed by atoms with Crippen LogP contribution in [-0.4, -0.2) is 177 Å². The van der Waals surface area contributed by atoms with Crippen molar-refractivity contribution in [2.75, 3.05) is 137 Å². The van der Waals surface area contributed by atoms with Gasteiger partial charge in [-0.1, -0.05) is 31.1 Å². The molecule has 2 aliphatic heterocycles. The molecule has 2 aliphatic rings. The normalized spacial score (nSPS) is 14.2.